The van der Waals surface area contributed by atoms with Crippen molar-refractivity contribution in [1.29, 1.82) is 0 Å². The van der Waals surface area contributed by atoms with Crippen molar-refractivity contribution >= 4 is 9.84 Å². The number of rotatable bonds is 8. The summed E-state index contributed by atoms with van der Waals surface area (Å²) in [7, 11) is -3.17. The Labute approximate surface area is 155 Å². The van der Waals surface area contributed by atoms with Crippen molar-refractivity contribution < 1.29 is 13.5 Å². The number of benzene rings is 2. The van der Waals surface area contributed by atoms with Crippen LogP contribution in [0.15, 0.2) is 60.7 Å². The zero-order valence-electron chi connectivity index (χ0n) is 14.8. The fourth-order valence-electron chi connectivity index (χ4n) is 3.39. The zero-order valence-corrected chi connectivity index (χ0v) is 15.6. The van der Waals surface area contributed by atoms with E-state index in [1.807, 2.05) is 48.5 Å². The van der Waals surface area contributed by atoms with Gasteiger partial charge in [-0.25, -0.2) is 8.42 Å². The maximum absolute atomic E-state index is 11.9. The normalized spacial score (nSPS) is 21.9. The lowest BCUT2D eigenvalue weighted by Gasteiger charge is -2.30. The Morgan fingerprint density at radius 1 is 0.962 bits per heavy atom. The van der Waals surface area contributed by atoms with Crippen LogP contribution in [0.5, 0.6) is 0 Å². The van der Waals surface area contributed by atoms with E-state index in [-0.39, 0.29) is 17.5 Å². The summed E-state index contributed by atoms with van der Waals surface area (Å²) in [5.41, 5.74) is 2.33. The van der Waals surface area contributed by atoms with E-state index in [4.69, 9.17) is 0 Å². The molecule has 2 atom stereocenters. The van der Waals surface area contributed by atoms with Gasteiger partial charge in [0.25, 0.3) is 0 Å². The van der Waals surface area contributed by atoms with Crippen LogP contribution in [0.1, 0.15) is 11.1 Å². The fourth-order valence-corrected chi connectivity index (χ4v) is 5.22. The van der Waals surface area contributed by atoms with Gasteiger partial charge in [0.05, 0.1) is 23.7 Å². The van der Waals surface area contributed by atoms with Crippen LogP contribution < -0.4 is 5.32 Å². The molecule has 0 spiro atoms. The van der Waals surface area contributed by atoms with E-state index in [0.29, 0.717) is 13.1 Å². The Morgan fingerprint density at radius 3 is 2.15 bits per heavy atom. The average molecular weight is 375 g/mol. The van der Waals surface area contributed by atoms with Gasteiger partial charge in [0.1, 0.15) is 0 Å². The lowest BCUT2D eigenvalue weighted by Crippen LogP contribution is -2.45. The second kappa shape index (κ2) is 8.77. The number of hydrogen-bond acceptors (Lipinski definition) is 5. The molecule has 2 N–H and O–H groups in total. The Balaban J connectivity index is 1.61. The highest BCUT2D eigenvalue weighted by Gasteiger charge is 2.39. The molecule has 0 saturated carbocycles. The third-order valence-electron chi connectivity index (χ3n) is 4.74. The van der Waals surface area contributed by atoms with Crippen molar-refractivity contribution in [2.45, 2.75) is 25.2 Å². The first-order valence-corrected chi connectivity index (χ1v) is 10.8. The highest BCUT2D eigenvalue weighted by molar-refractivity contribution is 7.91. The molecule has 1 heterocycles. The van der Waals surface area contributed by atoms with E-state index >= 15 is 0 Å². The molecule has 1 fully saturated rings. The molecule has 5 nitrogen and oxygen atoms in total. The summed E-state index contributed by atoms with van der Waals surface area (Å²) in [5, 5.41) is 13.7. The monoisotopic (exact) mass is 374 g/mol. The first kappa shape index (κ1) is 19.0. The van der Waals surface area contributed by atoms with Gasteiger partial charge < -0.3 is 10.4 Å². The molecule has 0 unspecified atom stereocenters. The summed E-state index contributed by atoms with van der Waals surface area (Å²) in [4.78, 5) is 2.09. The third kappa shape index (κ3) is 5.38. The van der Waals surface area contributed by atoms with Crippen molar-refractivity contribution in [2.75, 3.05) is 24.6 Å². The maximum atomic E-state index is 11.9. The minimum Gasteiger partial charge on any atom is -0.390 e. The molecule has 2 aromatic rings. The number of sulfone groups is 1. The van der Waals surface area contributed by atoms with Crippen LogP contribution in [0.3, 0.4) is 0 Å². The van der Waals surface area contributed by atoms with Gasteiger partial charge >= 0.3 is 0 Å². The van der Waals surface area contributed by atoms with Crippen molar-refractivity contribution in [1.82, 2.24) is 10.2 Å². The van der Waals surface area contributed by atoms with Gasteiger partial charge in [-0.2, -0.15) is 0 Å². The van der Waals surface area contributed by atoms with Gasteiger partial charge in [0.2, 0.25) is 0 Å². The molecule has 1 aliphatic heterocycles. The van der Waals surface area contributed by atoms with E-state index in [1.54, 1.807) is 0 Å². The van der Waals surface area contributed by atoms with E-state index < -0.39 is 15.9 Å². The molecule has 0 bridgehead atoms. The molecule has 2 aromatic carbocycles. The second-order valence-electron chi connectivity index (χ2n) is 6.83. The highest BCUT2D eigenvalue weighted by Crippen LogP contribution is 2.20. The predicted octanol–water partition coefficient (Wildman–Crippen LogP) is 1.44. The van der Waals surface area contributed by atoms with Crippen molar-refractivity contribution in [3.63, 3.8) is 0 Å². The van der Waals surface area contributed by atoms with Crippen LogP contribution in [0, 0.1) is 0 Å². The minimum atomic E-state index is -3.17. The number of hydrogen-bond donors (Lipinski definition) is 2. The molecule has 3 rings (SSSR count). The molecule has 0 aromatic heterocycles. The van der Waals surface area contributed by atoms with Gasteiger partial charge in [-0.3, -0.25) is 4.90 Å². The number of aliphatic hydroxyl groups is 1. The van der Waals surface area contributed by atoms with Crippen molar-refractivity contribution in [3.8, 4) is 0 Å². The Kier molecular flexibility index (Phi) is 6.43. The highest BCUT2D eigenvalue weighted by atomic mass is 32.2. The molecular weight excluding hydrogens is 348 g/mol. The Morgan fingerprint density at radius 2 is 1.58 bits per heavy atom. The Bertz CT molecular complexity index is 781. The van der Waals surface area contributed by atoms with Crippen LogP contribution in [-0.4, -0.2) is 55.2 Å². The number of nitrogens with one attached hydrogen (secondary N) is 1. The summed E-state index contributed by atoms with van der Waals surface area (Å²) in [6, 6.07) is 19.8. The molecule has 0 amide bonds. The van der Waals surface area contributed by atoms with E-state index in [1.165, 1.54) is 5.56 Å². The van der Waals surface area contributed by atoms with E-state index in [2.05, 4.69) is 22.3 Å². The smallest absolute Gasteiger partial charge is 0.154 e. The Hall–Kier alpha value is -1.73. The number of aliphatic hydroxyl groups excluding tert-OH is 1. The van der Waals surface area contributed by atoms with Crippen LogP contribution in [0.4, 0.5) is 0 Å². The topological polar surface area (TPSA) is 69.6 Å². The number of nitrogens with zero attached hydrogens (tertiary/aromatic N) is 1. The zero-order chi connectivity index (χ0) is 18.4. The SMILES string of the molecule is O=S1(=O)C[C@@H](N(CCNCc2ccccc2)Cc2ccccc2)[C@@H](O)C1. The van der Waals surface area contributed by atoms with Gasteiger partial charge in [-0.1, -0.05) is 60.7 Å². The van der Waals surface area contributed by atoms with Gasteiger partial charge in [0, 0.05) is 26.2 Å². The lowest BCUT2D eigenvalue weighted by molar-refractivity contribution is 0.0786. The standard InChI is InChI=1S/C20H26N2O3S/c23-20-16-26(24,25)15-19(20)22(14-18-9-5-2-6-10-18)12-11-21-13-17-7-3-1-4-8-17/h1-10,19-21,23H,11-16H2/t19-,20+/m1/s1. The molecular formula is C20H26N2O3S. The van der Waals surface area contributed by atoms with Gasteiger partial charge in [-0.15, -0.1) is 0 Å². The molecule has 0 aliphatic carbocycles. The molecule has 1 aliphatic rings. The first-order chi connectivity index (χ1) is 12.5. The third-order valence-corrected chi connectivity index (χ3v) is 6.44. The molecule has 6 heteroatoms. The van der Waals surface area contributed by atoms with Crippen molar-refractivity contribution in [2.24, 2.45) is 0 Å². The molecule has 26 heavy (non-hydrogen) atoms. The lowest BCUT2D eigenvalue weighted by atomic mass is 10.1. The summed E-state index contributed by atoms with van der Waals surface area (Å²) in [6.45, 7) is 2.81. The van der Waals surface area contributed by atoms with Crippen LogP contribution in [-0.2, 0) is 22.9 Å². The fraction of sp³-hybridized carbons (Fsp3) is 0.400. The first-order valence-electron chi connectivity index (χ1n) is 8.94. The minimum absolute atomic E-state index is 0.0275. The second-order valence-corrected chi connectivity index (χ2v) is 8.98. The summed E-state index contributed by atoms with van der Waals surface area (Å²) >= 11 is 0. The maximum Gasteiger partial charge on any atom is 0.154 e. The van der Waals surface area contributed by atoms with Crippen LogP contribution in [0.25, 0.3) is 0 Å². The van der Waals surface area contributed by atoms with Crippen LogP contribution >= 0.6 is 0 Å². The molecule has 140 valence electrons. The average Bonchev–Trinajstić information content (AvgIpc) is 2.92. The summed E-state index contributed by atoms with van der Waals surface area (Å²) in [6.07, 6.45) is -0.821. The van der Waals surface area contributed by atoms with Gasteiger partial charge in [-0.05, 0) is 11.1 Å². The predicted molar refractivity (Wildman–Crippen MR) is 103 cm³/mol. The van der Waals surface area contributed by atoms with Crippen LogP contribution in [0.2, 0.25) is 0 Å². The largest absolute Gasteiger partial charge is 0.390 e. The summed E-state index contributed by atoms with van der Waals surface area (Å²) < 4.78 is 23.8. The van der Waals surface area contributed by atoms with E-state index in [9.17, 15) is 13.5 Å². The summed E-state index contributed by atoms with van der Waals surface area (Å²) in [5.74, 6) is -0.111. The molecule has 1 saturated heterocycles. The quantitative estimate of drug-likeness (QED) is 0.684. The molecule has 0 radical (unpaired) electrons. The van der Waals surface area contributed by atoms with E-state index in [0.717, 1.165) is 18.7 Å². The van der Waals surface area contributed by atoms with Crippen molar-refractivity contribution in [3.05, 3.63) is 71.8 Å². The van der Waals surface area contributed by atoms with Gasteiger partial charge in [0.15, 0.2) is 9.84 Å².